The van der Waals surface area contributed by atoms with Crippen molar-refractivity contribution in [3.63, 3.8) is 0 Å². The molecule has 13 heteroatoms. The lowest BCUT2D eigenvalue weighted by atomic mass is 9.90. The van der Waals surface area contributed by atoms with Crippen molar-refractivity contribution in [2.45, 2.75) is 376 Å². The summed E-state index contributed by atoms with van der Waals surface area (Å²) in [5.74, 6) is -3.15. The predicted molar refractivity (Wildman–Crippen MR) is 301 cm³/mol. The van der Waals surface area contributed by atoms with Crippen LogP contribution in [-0.4, -0.2) is 104 Å². The Morgan fingerprint density at radius 3 is 1.32 bits per heavy atom. The molecular formula is C65H110O13. The maximum Gasteiger partial charge on any atom is 0.331 e. The number of hydrogen-bond donors (Lipinski definition) is 0. The van der Waals surface area contributed by atoms with Crippen LogP contribution in [0.1, 0.15) is 297 Å². The Hall–Kier alpha value is -1.68. The summed E-state index contributed by atoms with van der Waals surface area (Å²) in [6.45, 7) is 7.09. The molecule has 0 aromatic heterocycles. The van der Waals surface area contributed by atoms with E-state index in [0.717, 1.165) is 128 Å². The Bertz CT molecular complexity index is 1740. The van der Waals surface area contributed by atoms with Crippen LogP contribution in [0.25, 0.3) is 0 Å². The van der Waals surface area contributed by atoms with Crippen molar-refractivity contribution in [1.29, 1.82) is 0 Å². The molecule has 0 N–H and O–H groups in total. The Kier molecular flexibility index (Phi) is 26.4. The highest BCUT2D eigenvalue weighted by atomic mass is 16.8. The number of carbonyl (C=O) groups is 2. The van der Waals surface area contributed by atoms with Crippen molar-refractivity contribution in [1.82, 2.24) is 0 Å². The van der Waals surface area contributed by atoms with Crippen molar-refractivity contribution >= 4 is 11.9 Å². The van der Waals surface area contributed by atoms with Gasteiger partial charge < -0.3 is 52.1 Å². The van der Waals surface area contributed by atoms with Crippen molar-refractivity contribution in [3.05, 3.63) is 11.6 Å². The van der Waals surface area contributed by atoms with Gasteiger partial charge in [-0.05, 0) is 64.7 Å². The zero-order valence-corrected chi connectivity index (χ0v) is 49.5. The first kappa shape index (κ1) is 62.4. The van der Waals surface area contributed by atoms with Gasteiger partial charge in [0.2, 0.25) is 6.29 Å². The topological polar surface area (TPSA) is 136 Å². The number of rotatable bonds is 33. The van der Waals surface area contributed by atoms with Gasteiger partial charge in [-0.3, -0.25) is 4.79 Å². The summed E-state index contributed by atoms with van der Waals surface area (Å²) in [4.78, 5) is 28.6. The average molecular weight is 1100 g/mol. The Morgan fingerprint density at radius 2 is 0.821 bits per heavy atom. The summed E-state index contributed by atoms with van der Waals surface area (Å²) >= 11 is 0. The first-order valence-electron chi connectivity index (χ1n) is 33.3. The molecule has 5 heterocycles. The van der Waals surface area contributed by atoms with Gasteiger partial charge in [0.1, 0.15) is 36.6 Å². The van der Waals surface area contributed by atoms with Gasteiger partial charge in [-0.25, -0.2) is 4.79 Å². The minimum absolute atomic E-state index is 0.209. The van der Waals surface area contributed by atoms with E-state index >= 15 is 0 Å². The van der Waals surface area contributed by atoms with Gasteiger partial charge in [-0.15, -0.1) is 0 Å². The number of unbranched alkanes of at least 4 members (excludes halogenated alkanes) is 24. The van der Waals surface area contributed by atoms with Crippen LogP contribution < -0.4 is 0 Å². The summed E-state index contributed by atoms with van der Waals surface area (Å²) in [7, 11) is 0. The van der Waals surface area contributed by atoms with Gasteiger partial charge in [0, 0.05) is 51.0 Å². The van der Waals surface area contributed by atoms with E-state index in [2.05, 4.69) is 13.8 Å². The summed E-state index contributed by atoms with van der Waals surface area (Å²) in [6, 6.07) is 0. The zero-order valence-electron chi connectivity index (χ0n) is 49.5. The second kappa shape index (κ2) is 33.0. The highest BCUT2D eigenvalue weighted by Crippen LogP contribution is 2.50. The Labute approximate surface area is 472 Å². The van der Waals surface area contributed by atoms with Gasteiger partial charge >= 0.3 is 11.9 Å². The molecule has 0 aromatic carbocycles. The average Bonchev–Trinajstić information content (AvgIpc) is 4.00. The molecule has 8 aliphatic rings. The molecule has 8 rings (SSSR count). The SMILES string of the molecule is CCCCCCCCCCCCCCCC(=O)O[C@H]1[C@@H](O[C@H]2O[C@@H]3COC4(CCCCC4)O[C@H]3[C@@H]3OC4(CCCCC4)O[C@@H]23)O[C@@H]2COC3(CCCCC3)O[C@H]2[C@@H]1OC(=O)/C=C(\C)CCCCCCCCCCCCCCC. The summed E-state index contributed by atoms with van der Waals surface area (Å²) in [6.07, 6.45) is 41.3. The molecule has 3 aliphatic carbocycles. The third-order valence-corrected chi connectivity index (χ3v) is 18.8. The molecule has 78 heavy (non-hydrogen) atoms. The molecule has 448 valence electrons. The number of hydrogen-bond acceptors (Lipinski definition) is 13. The second-order valence-corrected chi connectivity index (χ2v) is 25.4. The predicted octanol–water partition coefficient (Wildman–Crippen LogP) is 15.8. The molecule has 5 saturated heterocycles. The molecule has 0 amide bonds. The fourth-order valence-electron chi connectivity index (χ4n) is 14.1. The zero-order chi connectivity index (χ0) is 54.3. The van der Waals surface area contributed by atoms with Crippen LogP contribution in [-0.2, 0) is 61.7 Å². The van der Waals surface area contributed by atoms with E-state index in [1.54, 1.807) is 6.08 Å². The van der Waals surface area contributed by atoms with Crippen molar-refractivity contribution < 1.29 is 61.7 Å². The summed E-state index contributed by atoms with van der Waals surface area (Å²) < 4.78 is 75.2. The highest BCUT2D eigenvalue weighted by molar-refractivity contribution is 5.83. The van der Waals surface area contributed by atoms with Gasteiger partial charge in [-0.1, -0.05) is 193 Å². The maximum atomic E-state index is 14.3. The minimum Gasteiger partial charge on any atom is -0.453 e. The highest BCUT2D eigenvalue weighted by Gasteiger charge is 2.64. The summed E-state index contributed by atoms with van der Waals surface area (Å²) in [5.41, 5.74) is 0.963. The number of fused-ring (bicyclic) bond motifs is 4. The first-order chi connectivity index (χ1) is 38.2. The van der Waals surface area contributed by atoms with Gasteiger partial charge in [0.15, 0.2) is 35.9 Å². The molecule has 5 aliphatic heterocycles. The lowest BCUT2D eigenvalue weighted by Gasteiger charge is -2.54. The van der Waals surface area contributed by atoms with Crippen LogP contribution in [0.3, 0.4) is 0 Å². The van der Waals surface area contributed by atoms with Crippen LogP contribution in [0.5, 0.6) is 0 Å². The normalized spacial score (nSPS) is 31.2. The lowest BCUT2D eigenvalue weighted by Crippen LogP contribution is -2.69. The Morgan fingerprint density at radius 1 is 0.423 bits per heavy atom. The molecule has 3 saturated carbocycles. The molecule has 0 unspecified atom stereocenters. The molecule has 0 bridgehead atoms. The third-order valence-electron chi connectivity index (χ3n) is 18.8. The molecule has 0 aromatic rings. The van der Waals surface area contributed by atoms with Crippen LogP contribution >= 0.6 is 0 Å². The van der Waals surface area contributed by atoms with Gasteiger partial charge in [-0.2, -0.15) is 0 Å². The van der Waals surface area contributed by atoms with Crippen LogP contribution in [0, 0.1) is 0 Å². The smallest absolute Gasteiger partial charge is 0.331 e. The molecule has 10 atom stereocenters. The molecule has 0 radical (unpaired) electrons. The van der Waals surface area contributed by atoms with E-state index in [1.807, 2.05) is 6.92 Å². The van der Waals surface area contributed by atoms with Crippen molar-refractivity contribution in [2.24, 2.45) is 0 Å². The van der Waals surface area contributed by atoms with E-state index in [9.17, 15) is 9.59 Å². The standard InChI is InChI=1S/C65H110O13/c1-4-6-8-10-12-14-16-18-20-22-24-26-31-39-50(3)47-54(67)73-57-55-51(48-68-63(75-55)41-33-28-34-42-63)70-61(59(57)72-53(66)40-32-27-25-23-21-19-17-15-13-11-9-7-5-2)74-62-60-58(77-65(78-60)45-37-30-38-46-65)56-52(71-62)49-69-64(76-56)43-35-29-36-44-64/h47,51-52,55-62H,4-46,48-49H2,1-3H3/b50-47+/t51-,52-,55-,56-,57+,58+,59-,60-,61-,62-/m1/s1. The number of esters is 2. The summed E-state index contributed by atoms with van der Waals surface area (Å²) in [5, 5.41) is 0. The minimum atomic E-state index is -1.22. The van der Waals surface area contributed by atoms with Crippen LogP contribution in [0.15, 0.2) is 11.6 Å². The van der Waals surface area contributed by atoms with E-state index in [1.165, 1.54) is 141 Å². The molecule has 3 spiro atoms. The van der Waals surface area contributed by atoms with Crippen LogP contribution in [0.2, 0.25) is 0 Å². The number of ether oxygens (including phenoxy) is 11. The molecule has 8 fully saturated rings. The Balaban J connectivity index is 0.941. The van der Waals surface area contributed by atoms with Gasteiger partial charge in [0.25, 0.3) is 0 Å². The van der Waals surface area contributed by atoms with Gasteiger partial charge in [0.05, 0.1) is 13.2 Å². The fraction of sp³-hybridized carbons (Fsp3) is 0.938. The van der Waals surface area contributed by atoms with E-state index in [0.29, 0.717) is 13.0 Å². The monoisotopic (exact) mass is 1100 g/mol. The van der Waals surface area contributed by atoms with Crippen molar-refractivity contribution in [3.8, 4) is 0 Å². The number of carbonyl (C=O) groups excluding carboxylic acids is 2. The fourth-order valence-corrected chi connectivity index (χ4v) is 14.1. The number of allylic oxidation sites excluding steroid dienone is 1. The first-order valence-corrected chi connectivity index (χ1v) is 33.3. The lowest BCUT2D eigenvalue weighted by molar-refractivity contribution is -0.426. The quantitative estimate of drug-likeness (QED) is 0.0351. The van der Waals surface area contributed by atoms with E-state index in [4.69, 9.17) is 52.1 Å². The largest absolute Gasteiger partial charge is 0.453 e. The third kappa shape index (κ3) is 18.7. The van der Waals surface area contributed by atoms with Crippen LogP contribution in [0.4, 0.5) is 0 Å². The second-order valence-electron chi connectivity index (χ2n) is 25.4. The molecule has 13 nitrogen and oxygen atoms in total. The molecular weight excluding hydrogens is 989 g/mol. The maximum absolute atomic E-state index is 14.3. The van der Waals surface area contributed by atoms with E-state index in [-0.39, 0.29) is 19.0 Å². The van der Waals surface area contributed by atoms with E-state index < -0.39 is 84.7 Å². The van der Waals surface area contributed by atoms with Crippen molar-refractivity contribution in [2.75, 3.05) is 13.2 Å².